The summed E-state index contributed by atoms with van der Waals surface area (Å²) in [6, 6.07) is 16.4. The van der Waals surface area contributed by atoms with E-state index in [4.69, 9.17) is 0 Å². The van der Waals surface area contributed by atoms with Crippen molar-refractivity contribution in [3.05, 3.63) is 70.6 Å². The van der Waals surface area contributed by atoms with Crippen LogP contribution in [-0.4, -0.2) is 9.67 Å². The van der Waals surface area contributed by atoms with Gasteiger partial charge in [0.05, 0.1) is 11.1 Å². The highest BCUT2D eigenvalue weighted by atomic mass is 16.3. The van der Waals surface area contributed by atoms with E-state index < -0.39 is 0 Å². The number of pyridine rings is 1. The third-order valence-corrected chi connectivity index (χ3v) is 3.31. The Kier molecular flexibility index (Phi) is 2.60. The van der Waals surface area contributed by atoms with Gasteiger partial charge in [0.2, 0.25) is 0 Å². The van der Waals surface area contributed by atoms with Crippen molar-refractivity contribution in [3.63, 3.8) is 0 Å². The van der Waals surface area contributed by atoms with Crippen molar-refractivity contribution in [1.82, 2.24) is 4.57 Å². The molecule has 1 aromatic heterocycles. The molecule has 0 spiro atoms. The van der Waals surface area contributed by atoms with Crippen LogP contribution in [0.4, 0.5) is 0 Å². The molecule has 0 saturated heterocycles. The Hall–Kier alpha value is -2.55. The van der Waals surface area contributed by atoms with E-state index in [2.05, 4.69) is 0 Å². The van der Waals surface area contributed by atoms with Crippen LogP contribution in [0, 0.1) is 6.92 Å². The Morgan fingerprint density at radius 1 is 0.895 bits per heavy atom. The number of hydrogen-bond acceptors (Lipinski definition) is 2. The van der Waals surface area contributed by atoms with Crippen molar-refractivity contribution >= 4 is 10.8 Å². The molecular formula is C16H13NO2. The summed E-state index contributed by atoms with van der Waals surface area (Å²) < 4.78 is 1.54. The average Bonchev–Trinajstić information content (AvgIpc) is 2.46. The first kappa shape index (κ1) is 11.5. The Balaban J connectivity index is 2.48. The lowest BCUT2D eigenvalue weighted by molar-refractivity contribution is 0.471. The molecule has 19 heavy (non-hydrogen) atoms. The van der Waals surface area contributed by atoms with Gasteiger partial charge in [-0.3, -0.25) is 9.36 Å². The monoisotopic (exact) mass is 251 g/mol. The van der Waals surface area contributed by atoms with Gasteiger partial charge in [-0.2, -0.15) is 0 Å². The number of aromatic nitrogens is 1. The second kappa shape index (κ2) is 4.28. The fourth-order valence-electron chi connectivity index (χ4n) is 2.34. The fourth-order valence-corrected chi connectivity index (χ4v) is 2.34. The molecule has 0 radical (unpaired) electrons. The van der Waals surface area contributed by atoms with Gasteiger partial charge in [-0.15, -0.1) is 0 Å². The molecule has 1 heterocycles. The van der Waals surface area contributed by atoms with Crippen molar-refractivity contribution < 1.29 is 5.11 Å². The first-order chi connectivity index (χ1) is 9.20. The lowest BCUT2D eigenvalue weighted by Gasteiger charge is -2.13. The SMILES string of the molecule is Cc1c(O)c2ccccc2c(=O)n1-c1ccccc1. The summed E-state index contributed by atoms with van der Waals surface area (Å²) in [5, 5.41) is 11.4. The third kappa shape index (κ3) is 1.71. The van der Waals surface area contributed by atoms with Crippen molar-refractivity contribution in [2.24, 2.45) is 0 Å². The standard InChI is InChI=1S/C16H13NO2/c1-11-15(18)13-9-5-6-10-14(13)16(19)17(11)12-7-3-2-4-8-12/h2-10,18H,1H3. The van der Waals surface area contributed by atoms with Crippen LogP contribution in [0.5, 0.6) is 5.75 Å². The second-order valence-corrected chi connectivity index (χ2v) is 4.46. The maximum Gasteiger partial charge on any atom is 0.263 e. The summed E-state index contributed by atoms with van der Waals surface area (Å²) in [7, 11) is 0. The highest BCUT2D eigenvalue weighted by Gasteiger charge is 2.13. The molecule has 0 bridgehead atoms. The molecule has 2 aromatic carbocycles. The number of hydrogen-bond donors (Lipinski definition) is 1. The van der Waals surface area contributed by atoms with E-state index in [9.17, 15) is 9.90 Å². The van der Waals surface area contributed by atoms with Crippen LogP contribution in [0.3, 0.4) is 0 Å². The van der Waals surface area contributed by atoms with E-state index in [0.717, 1.165) is 5.69 Å². The number of fused-ring (bicyclic) bond motifs is 1. The first-order valence-electron chi connectivity index (χ1n) is 6.09. The van der Waals surface area contributed by atoms with Gasteiger partial charge in [-0.1, -0.05) is 36.4 Å². The van der Waals surface area contributed by atoms with E-state index in [-0.39, 0.29) is 11.3 Å². The molecule has 0 fully saturated rings. The lowest BCUT2D eigenvalue weighted by Crippen LogP contribution is -2.20. The lowest BCUT2D eigenvalue weighted by atomic mass is 10.1. The Morgan fingerprint density at radius 3 is 2.16 bits per heavy atom. The van der Waals surface area contributed by atoms with E-state index >= 15 is 0 Å². The van der Waals surface area contributed by atoms with Crippen LogP contribution >= 0.6 is 0 Å². The molecule has 3 nitrogen and oxygen atoms in total. The zero-order valence-corrected chi connectivity index (χ0v) is 10.5. The summed E-state index contributed by atoms with van der Waals surface area (Å²) in [5.41, 5.74) is 1.19. The summed E-state index contributed by atoms with van der Waals surface area (Å²) >= 11 is 0. The van der Waals surface area contributed by atoms with Gasteiger partial charge in [0, 0.05) is 11.1 Å². The van der Waals surface area contributed by atoms with Crippen LogP contribution in [0.15, 0.2) is 59.4 Å². The van der Waals surface area contributed by atoms with Gasteiger partial charge in [0.15, 0.2) is 0 Å². The predicted molar refractivity (Wildman–Crippen MR) is 75.9 cm³/mol. The molecular weight excluding hydrogens is 238 g/mol. The molecule has 3 heteroatoms. The predicted octanol–water partition coefficient (Wildman–Crippen LogP) is 3.00. The van der Waals surface area contributed by atoms with Crippen LogP contribution in [-0.2, 0) is 0 Å². The minimum absolute atomic E-state index is 0.114. The van der Waals surface area contributed by atoms with Crippen LogP contribution in [0.2, 0.25) is 0 Å². The molecule has 0 atom stereocenters. The number of nitrogens with zero attached hydrogens (tertiary/aromatic N) is 1. The number of aromatic hydroxyl groups is 1. The number of benzene rings is 2. The summed E-state index contributed by atoms with van der Waals surface area (Å²) in [6.07, 6.45) is 0. The van der Waals surface area contributed by atoms with Crippen molar-refractivity contribution in [2.75, 3.05) is 0 Å². The Bertz CT molecular complexity index is 804. The van der Waals surface area contributed by atoms with Crippen molar-refractivity contribution in [1.29, 1.82) is 0 Å². The minimum Gasteiger partial charge on any atom is -0.505 e. The quantitative estimate of drug-likeness (QED) is 0.722. The maximum absolute atomic E-state index is 12.6. The summed E-state index contributed by atoms with van der Waals surface area (Å²) in [6.45, 7) is 1.75. The van der Waals surface area contributed by atoms with Gasteiger partial charge in [0.25, 0.3) is 5.56 Å². The normalized spacial score (nSPS) is 10.8. The molecule has 0 amide bonds. The van der Waals surface area contributed by atoms with Crippen LogP contribution < -0.4 is 5.56 Å². The molecule has 3 rings (SSSR count). The molecule has 0 aliphatic heterocycles. The van der Waals surface area contributed by atoms with Gasteiger partial charge in [-0.25, -0.2) is 0 Å². The third-order valence-electron chi connectivity index (χ3n) is 3.31. The molecule has 0 aliphatic rings. The zero-order valence-electron chi connectivity index (χ0n) is 10.5. The van der Waals surface area contributed by atoms with Gasteiger partial charge in [-0.05, 0) is 25.1 Å². The second-order valence-electron chi connectivity index (χ2n) is 4.46. The zero-order chi connectivity index (χ0) is 13.4. The summed E-state index contributed by atoms with van der Waals surface area (Å²) in [5.74, 6) is 0.152. The molecule has 3 aromatic rings. The van der Waals surface area contributed by atoms with E-state index in [1.54, 1.807) is 25.1 Å². The molecule has 0 aliphatic carbocycles. The first-order valence-corrected chi connectivity index (χ1v) is 6.09. The Morgan fingerprint density at radius 2 is 1.47 bits per heavy atom. The molecule has 94 valence electrons. The van der Waals surface area contributed by atoms with Crippen molar-refractivity contribution in [3.8, 4) is 11.4 Å². The van der Waals surface area contributed by atoms with E-state index in [1.165, 1.54) is 4.57 Å². The van der Waals surface area contributed by atoms with Crippen LogP contribution in [0.25, 0.3) is 16.5 Å². The topological polar surface area (TPSA) is 42.2 Å². The highest BCUT2D eigenvalue weighted by molar-refractivity contribution is 5.88. The fraction of sp³-hybridized carbons (Fsp3) is 0.0625. The number of para-hydroxylation sites is 1. The highest BCUT2D eigenvalue weighted by Crippen LogP contribution is 2.26. The maximum atomic E-state index is 12.6. The molecule has 1 N–H and O–H groups in total. The van der Waals surface area contributed by atoms with Crippen LogP contribution in [0.1, 0.15) is 5.69 Å². The van der Waals surface area contributed by atoms with Gasteiger partial charge >= 0.3 is 0 Å². The average molecular weight is 251 g/mol. The molecule has 0 saturated carbocycles. The van der Waals surface area contributed by atoms with Crippen molar-refractivity contribution in [2.45, 2.75) is 6.92 Å². The Labute approximate surface area is 110 Å². The largest absolute Gasteiger partial charge is 0.505 e. The van der Waals surface area contributed by atoms with Gasteiger partial charge < -0.3 is 5.11 Å². The number of rotatable bonds is 1. The van der Waals surface area contributed by atoms with Gasteiger partial charge in [0.1, 0.15) is 5.75 Å². The smallest absolute Gasteiger partial charge is 0.263 e. The van der Waals surface area contributed by atoms with E-state index in [1.807, 2.05) is 36.4 Å². The summed E-state index contributed by atoms with van der Waals surface area (Å²) in [4.78, 5) is 12.6. The minimum atomic E-state index is -0.114. The molecule has 0 unspecified atom stereocenters. The van der Waals surface area contributed by atoms with E-state index in [0.29, 0.717) is 16.5 Å².